The molecular formula is C44H28N4. The van der Waals surface area contributed by atoms with Crippen LogP contribution >= 0.6 is 0 Å². The van der Waals surface area contributed by atoms with Gasteiger partial charge in [-0.05, 0) is 70.8 Å². The van der Waals surface area contributed by atoms with E-state index in [1.165, 1.54) is 0 Å². The van der Waals surface area contributed by atoms with Crippen LogP contribution in [0.2, 0.25) is 0 Å². The molecule has 0 bridgehead atoms. The maximum Gasteiger partial charge on any atom is 0.0972 e. The number of nitrogens with zero attached hydrogens (tertiary/aromatic N) is 4. The van der Waals surface area contributed by atoms with E-state index in [1.54, 1.807) is 6.20 Å². The molecule has 4 heterocycles. The summed E-state index contributed by atoms with van der Waals surface area (Å²) in [7, 11) is 0. The first-order chi connectivity index (χ1) is 23.7. The van der Waals surface area contributed by atoms with Gasteiger partial charge < -0.3 is 0 Å². The average Bonchev–Trinajstić information content (AvgIpc) is 3.18. The fraction of sp³-hybridized carbons (Fsp3) is 0. The Morgan fingerprint density at radius 3 is 1.56 bits per heavy atom. The van der Waals surface area contributed by atoms with Gasteiger partial charge in [-0.25, -0.2) is 15.0 Å². The van der Waals surface area contributed by atoms with Crippen LogP contribution in [-0.4, -0.2) is 19.9 Å². The number of fused-ring (bicyclic) bond motifs is 4. The molecule has 224 valence electrons. The largest absolute Gasteiger partial charge is 0.255 e. The lowest BCUT2D eigenvalue weighted by molar-refractivity contribution is 1.28. The third-order valence-electron chi connectivity index (χ3n) is 8.92. The molecule has 4 heteroatoms. The van der Waals surface area contributed by atoms with E-state index in [0.717, 1.165) is 88.9 Å². The lowest BCUT2D eigenvalue weighted by Crippen LogP contribution is -1.91. The minimum Gasteiger partial charge on any atom is -0.255 e. The van der Waals surface area contributed by atoms with Crippen LogP contribution in [0.25, 0.3) is 88.9 Å². The van der Waals surface area contributed by atoms with E-state index in [4.69, 9.17) is 15.0 Å². The van der Waals surface area contributed by atoms with Crippen molar-refractivity contribution in [3.63, 3.8) is 0 Å². The Kier molecular flexibility index (Phi) is 6.76. The van der Waals surface area contributed by atoms with Crippen molar-refractivity contribution in [2.45, 2.75) is 0 Å². The first kappa shape index (κ1) is 27.8. The van der Waals surface area contributed by atoms with Crippen LogP contribution in [0.15, 0.2) is 170 Å². The first-order valence-electron chi connectivity index (χ1n) is 16.0. The van der Waals surface area contributed by atoms with Gasteiger partial charge in [-0.2, -0.15) is 0 Å². The van der Waals surface area contributed by atoms with Crippen LogP contribution in [0.4, 0.5) is 0 Å². The molecule has 0 amide bonds. The summed E-state index contributed by atoms with van der Waals surface area (Å²) >= 11 is 0. The molecule has 0 saturated carbocycles. The van der Waals surface area contributed by atoms with Gasteiger partial charge in [0.05, 0.1) is 39.3 Å². The van der Waals surface area contributed by atoms with Gasteiger partial charge in [0.15, 0.2) is 0 Å². The molecule has 0 unspecified atom stereocenters. The smallest absolute Gasteiger partial charge is 0.0972 e. The normalized spacial score (nSPS) is 11.3. The van der Waals surface area contributed by atoms with E-state index in [-0.39, 0.29) is 0 Å². The molecule has 0 fully saturated rings. The Bertz CT molecular complexity index is 2600. The summed E-state index contributed by atoms with van der Waals surface area (Å²) in [6.07, 6.45) is 1.80. The Balaban J connectivity index is 1.02. The van der Waals surface area contributed by atoms with Gasteiger partial charge in [0.1, 0.15) is 0 Å². The zero-order valence-electron chi connectivity index (χ0n) is 26.0. The summed E-state index contributed by atoms with van der Waals surface area (Å²) in [5.41, 5.74) is 13.2. The van der Waals surface area contributed by atoms with E-state index in [9.17, 15) is 0 Å². The molecular weight excluding hydrogens is 585 g/mol. The van der Waals surface area contributed by atoms with Crippen molar-refractivity contribution in [2.24, 2.45) is 0 Å². The Morgan fingerprint density at radius 1 is 0.292 bits per heavy atom. The molecule has 5 aromatic carbocycles. The third kappa shape index (κ3) is 5.16. The van der Waals surface area contributed by atoms with Crippen LogP contribution in [0.3, 0.4) is 0 Å². The summed E-state index contributed by atoms with van der Waals surface area (Å²) in [6, 6.07) is 56.9. The second-order valence-electron chi connectivity index (χ2n) is 11.9. The quantitative estimate of drug-likeness (QED) is 0.181. The number of hydrogen-bond acceptors (Lipinski definition) is 4. The van der Waals surface area contributed by atoms with Crippen molar-refractivity contribution in [3.8, 4) is 56.2 Å². The fourth-order valence-corrected chi connectivity index (χ4v) is 6.37. The van der Waals surface area contributed by atoms with Crippen molar-refractivity contribution < 1.29 is 0 Å². The van der Waals surface area contributed by atoms with E-state index >= 15 is 0 Å². The fourth-order valence-electron chi connectivity index (χ4n) is 6.37. The van der Waals surface area contributed by atoms with Gasteiger partial charge in [-0.15, -0.1) is 0 Å². The van der Waals surface area contributed by atoms with Gasteiger partial charge >= 0.3 is 0 Å². The highest BCUT2D eigenvalue weighted by atomic mass is 14.8. The number of rotatable bonds is 5. The van der Waals surface area contributed by atoms with Crippen molar-refractivity contribution in [1.29, 1.82) is 0 Å². The number of hydrogen-bond donors (Lipinski definition) is 0. The SMILES string of the molecule is c1ccc(-c2ccc3ccc4ccc(-c5cccc(-c6ccc(-c7ccc8nc(-c9ccccn9)ccc8c7)cc6)c5)nc4c3n2)cc1. The number of pyridine rings is 4. The maximum atomic E-state index is 5.17. The molecule has 4 aromatic heterocycles. The summed E-state index contributed by atoms with van der Waals surface area (Å²) in [4.78, 5) is 19.5. The minimum atomic E-state index is 0.877. The zero-order chi connectivity index (χ0) is 31.9. The predicted octanol–water partition coefficient (Wildman–Crippen LogP) is 11.1. The monoisotopic (exact) mass is 612 g/mol. The Hall–Kier alpha value is -6.52. The lowest BCUT2D eigenvalue weighted by atomic mass is 9.97. The number of aromatic nitrogens is 4. The minimum absolute atomic E-state index is 0.877. The lowest BCUT2D eigenvalue weighted by Gasteiger charge is -2.10. The molecule has 4 nitrogen and oxygen atoms in total. The van der Waals surface area contributed by atoms with Gasteiger partial charge in [0.2, 0.25) is 0 Å². The molecule has 0 atom stereocenters. The zero-order valence-corrected chi connectivity index (χ0v) is 26.0. The maximum absolute atomic E-state index is 5.17. The first-order valence-corrected chi connectivity index (χ1v) is 16.0. The molecule has 0 radical (unpaired) electrons. The average molecular weight is 613 g/mol. The van der Waals surface area contributed by atoms with Gasteiger partial charge in [-0.1, -0.05) is 115 Å². The van der Waals surface area contributed by atoms with Crippen LogP contribution in [-0.2, 0) is 0 Å². The molecule has 0 aliphatic carbocycles. The van der Waals surface area contributed by atoms with Crippen LogP contribution in [0, 0.1) is 0 Å². The van der Waals surface area contributed by atoms with Crippen LogP contribution in [0.1, 0.15) is 0 Å². The highest BCUT2D eigenvalue weighted by Gasteiger charge is 2.10. The summed E-state index contributed by atoms with van der Waals surface area (Å²) in [5, 5.41) is 3.26. The summed E-state index contributed by atoms with van der Waals surface area (Å²) in [5.74, 6) is 0. The van der Waals surface area contributed by atoms with Crippen molar-refractivity contribution in [1.82, 2.24) is 19.9 Å². The Morgan fingerprint density at radius 2 is 0.854 bits per heavy atom. The second kappa shape index (κ2) is 11.7. The summed E-state index contributed by atoms with van der Waals surface area (Å²) in [6.45, 7) is 0. The van der Waals surface area contributed by atoms with Gasteiger partial charge in [-0.3, -0.25) is 4.98 Å². The summed E-state index contributed by atoms with van der Waals surface area (Å²) < 4.78 is 0. The second-order valence-corrected chi connectivity index (χ2v) is 11.9. The molecule has 0 spiro atoms. The van der Waals surface area contributed by atoms with Gasteiger partial charge in [0, 0.05) is 33.5 Å². The molecule has 0 N–H and O–H groups in total. The molecule has 9 aromatic rings. The van der Waals surface area contributed by atoms with Crippen LogP contribution < -0.4 is 0 Å². The van der Waals surface area contributed by atoms with Gasteiger partial charge in [0.25, 0.3) is 0 Å². The van der Waals surface area contributed by atoms with E-state index in [1.807, 2.05) is 42.5 Å². The van der Waals surface area contributed by atoms with Crippen molar-refractivity contribution >= 4 is 32.7 Å². The Labute approximate surface area is 278 Å². The molecule has 0 aliphatic rings. The molecule has 0 aliphatic heterocycles. The third-order valence-corrected chi connectivity index (χ3v) is 8.92. The highest BCUT2D eigenvalue weighted by Crippen LogP contribution is 2.32. The highest BCUT2D eigenvalue weighted by molar-refractivity contribution is 6.04. The van der Waals surface area contributed by atoms with Crippen LogP contribution in [0.5, 0.6) is 0 Å². The number of benzene rings is 5. The van der Waals surface area contributed by atoms with E-state index in [0.29, 0.717) is 0 Å². The van der Waals surface area contributed by atoms with E-state index in [2.05, 4.69) is 126 Å². The standard InChI is InChI=1S/C44H28N4/c1-2-7-31(8-3-1)38-22-18-32-16-17-33-19-23-40(48-44(33)43(32)47-38)36-10-6-9-34(27-36)29-12-14-30(15-13-29)35-20-24-39-37(28-35)21-25-42(46-39)41-11-4-5-26-45-41/h1-28H. The van der Waals surface area contributed by atoms with E-state index < -0.39 is 0 Å². The topological polar surface area (TPSA) is 51.6 Å². The van der Waals surface area contributed by atoms with Crippen molar-refractivity contribution in [3.05, 3.63) is 170 Å². The predicted molar refractivity (Wildman–Crippen MR) is 197 cm³/mol. The molecule has 0 saturated heterocycles. The molecule has 48 heavy (non-hydrogen) atoms. The van der Waals surface area contributed by atoms with Crippen molar-refractivity contribution in [2.75, 3.05) is 0 Å². The molecule has 9 rings (SSSR count).